The largest absolute Gasteiger partial charge is 0.255 e. The minimum absolute atomic E-state index is 1.77. The molecule has 0 saturated heterocycles. The molecule has 6 nitrogen and oxygen atoms in total. The van der Waals surface area contributed by atoms with Gasteiger partial charge in [-0.05, 0) is 59.4 Å². The normalized spacial score (nSPS) is 13.3. The van der Waals surface area contributed by atoms with Gasteiger partial charge in [0.05, 0.1) is 0 Å². The van der Waals surface area contributed by atoms with Gasteiger partial charge in [-0.1, -0.05) is 0 Å². The summed E-state index contributed by atoms with van der Waals surface area (Å²) in [5.41, 5.74) is 0. The third-order valence-corrected chi connectivity index (χ3v) is 1.79. The van der Waals surface area contributed by atoms with Crippen LogP contribution in [0.3, 0.4) is 0 Å². The fraction of sp³-hybridized carbons (Fsp3) is 1.00. The highest BCUT2D eigenvalue weighted by Gasteiger charge is 2.18. The topological polar surface area (TPSA) is 55.4 Å². The van der Waals surface area contributed by atoms with Crippen LogP contribution in [0.2, 0.25) is 39.3 Å². The molecular formula is C6H18O6Si2. The summed E-state index contributed by atoms with van der Waals surface area (Å²) in [5, 5.41) is 16.7. The van der Waals surface area contributed by atoms with E-state index in [4.69, 9.17) is 9.15 Å². The van der Waals surface area contributed by atoms with E-state index in [1.165, 1.54) is 0 Å². The van der Waals surface area contributed by atoms with Crippen molar-refractivity contribution in [3.8, 4) is 0 Å². The molecule has 0 unspecified atom stereocenters. The lowest BCUT2D eigenvalue weighted by Gasteiger charge is -2.14. The Labute approximate surface area is 85.9 Å². The summed E-state index contributed by atoms with van der Waals surface area (Å²) >= 11 is 0. The van der Waals surface area contributed by atoms with Gasteiger partial charge in [0, 0.05) is 0 Å². The summed E-state index contributed by atoms with van der Waals surface area (Å²) in [6, 6.07) is 0. The summed E-state index contributed by atoms with van der Waals surface area (Å²) in [6.07, 6.45) is 0. The van der Waals surface area contributed by atoms with Crippen LogP contribution < -0.4 is 0 Å². The Morgan fingerprint density at radius 2 is 0.786 bits per heavy atom. The van der Waals surface area contributed by atoms with Gasteiger partial charge in [-0.2, -0.15) is 0 Å². The molecule has 0 bridgehead atoms. The zero-order chi connectivity index (χ0) is 11.2. The first-order valence-electron chi connectivity index (χ1n) is 4.24. The summed E-state index contributed by atoms with van der Waals surface area (Å²) in [5.74, 6) is 0. The van der Waals surface area contributed by atoms with Gasteiger partial charge in [0.15, 0.2) is 0 Å². The van der Waals surface area contributed by atoms with Gasteiger partial charge in [-0.25, -0.2) is 0 Å². The molecule has 0 spiro atoms. The van der Waals surface area contributed by atoms with Gasteiger partial charge >= 0.3 is 0 Å². The third kappa shape index (κ3) is 12.2. The minimum Gasteiger partial charge on any atom is -0.255 e. The second kappa shape index (κ2) is 5.93. The van der Waals surface area contributed by atoms with Crippen molar-refractivity contribution < 1.29 is 29.3 Å². The average Bonchev–Trinajstić information content (AvgIpc) is 1.92. The van der Waals surface area contributed by atoms with E-state index in [1.54, 1.807) is 0 Å². The lowest BCUT2D eigenvalue weighted by molar-refractivity contribution is -0.737. The highest BCUT2D eigenvalue weighted by molar-refractivity contribution is 6.69. The molecule has 0 aliphatic rings. The van der Waals surface area contributed by atoms with Crippen LogP contribution in [0.1, 0.15) is 0 Å². The van der Waals surface area contributed by atoms with Crippen molar-refractivity contribution in [3.05, 3.63) is 0 Å². The molecule has 0 amide bonds. The van der Waals surface area contributed by atoms with Crippen LogP contribution in [0.4, 0.5) is 0 Å². The van der Waals surface area contributed by atoms with Crippen LogP contribution in [0, 0.1) is 0 Å². The van der Waals surface area contributed by atoms with E-state index in [0.29, 0.717) is 0 Å². The zero-order valence-electron chi connectivity index (χ0n) is 9.45. The van der Waals surface area contributed by atoms with Crippen LogP contribution in [-0.4, -0.2) is 16.6 Å². The molecule has 0 aliphatic heterocycles. The minimum atomic E-state index is -1.77. The predicted molar refractivity (Wildman–Crippen MR) is 53.2 cm³/mol. The van der Waals surface area contributed by atoms with Crippen LogP contribution in [0.15, 0.2) is 0 Å². The highest BCUT2D eigenvalue weighted by Crippen LogP contribution is 2.05. The molecule has 0 rings (SSSR count). The van der Waals surface area contributed by atoms with E-state index in [9.17, 15) is 0 Å². The van der Waals surface area contributed by atoms with Gasteiger partial charge < -0.3 is 0 Å². The first kappa shape index (κ1) is 14.2. The first-order valence-corrected chi connectivity index (χ1v) is 11.1. The fourth-order valence-electron chi connectivity index (χ4n) is 0.255. The second-order valence-corrected chi connectivity index (χ2v) is 13.4. The van der Waals surface area contributed by atoms with E-state index >= 15 is 0 Å². The van der Waals surface area contributed by atoms with Crippen molar-refractivity contribution in [2.75, 3.05) is 0 Å². The summed E-state index contributed by atoms with van der Waals surface area (Å²) < 4.78 is 9.66. The van der Waals surface area contributed by atoms with Gasteiger partial charge in [0.25, 0.3) is 0 Å². The third-order valence-electron chi connectivity index (χ3n) is 0.651. The fourth-order valence-corrected chi connectivity index (χ4v) is 0.718. The molecule has 0 atom stereocenters. The van der Waals surface area contributed by atoms with Crippen molar-refractivity contribution >= 4 is 16.6 Å². The number of hydrogen-bond donors (Lipinski definition) is 0. The van der Waals surface area contributed by atoms with E-state index < -0.39 is 16.6 Å². The van der Waals surface area contributed by atoms with Gasteiger partial charge in [0.2, 0.25) is 16.6 Å². The lowest BCUT2D eigenvalue weighted by atomic mass is 11.8. The summed E-state index contributed by atoms with van der Waals surface area (Å²) in [4.78, 5) is 0. The summed E-state index contributed by atoms with van der Waals surface area (Å²) in [7, 11) is -3.54. The maximum absolute atomic E-state index is 4.83. The van der Waals surface area contributed by atoms with Gasteiger partial charge in [-0.15, -0.1) is 0 Å². The molecule has 0 aliphatic carbocycles. The van der Waals surface area contributed by atoms with Crippen LogP contribution in [0.5, 0.6) is 0 Å². The lowest BCUT2D eigenvalue weighted by Crippen LogP contribution is -2.27. The Kier molecular flexibility index (Phi) is 6.01. The number of hydrogen-bond acceptors (Lipinski definition) is 6. The van der Waals surface area contributed by atoms with E-state index in [2.05, 4.69) is 20.2 Å². The predicted octanol–water partition coefficient (Wildman–Crippen LogP) is 2.33. The quantitative estimate of drug-likeness (QED) is 0.295. The van der Waals surface area contributed by atoms with Crippen molar-refractivity contribution in [2.24, 2.45) is 0 Å². The van der Waals surface area contributed by atoms with Crippen LogP contribution >= 0.6 is 0 Å². The number of rotatable bonds is 7. The maximum atomic E-state index is 4.83. The Hall–Kier alpha value is 0.194. The molecule has 0 N–H and O–H groups in total. The molecule has 0 radical (unpaired) electrons. The smallest absolute Gasteiger partial charge is 0.234 e. The van der Waals surface area contributed by atoms with E-state index in [1.807, 2.05) is 39.3 Å². The second-order valence-electron chi connectivity index (χ2n) is 4.66. The monoisotopic (exact) mass is 242 g/mol. The molecule has 0 aromatic carbocycles. The van der Waals surface area contributed by atoms with Gasteiger partial charge in [0.1, 0.15) is 0 Å². The molecule has 86 valence electrons. The van der Waals surface area contributed by atoms with Crippen molar-refractivity contribution in [1.82, 2.24) is 0 Å². The Morgan fingerprint density at radius 3 is 1.00 bits per heavy atom. The SMILES string of the molecule is C[Si](C)(C)OOOOOO[Si](C)(C)C. The maximum Gasteiger partial charge on any atom is 0.234 e. The molecular weight excluding hydrogens is 224 g/mol. The van der Waals surface area contributed by atoms with Crippen molar-refractivity contribution in [1.29, 1.82) is 0 Å². The van der Waals surface area contributed by atoms with E-state index in [-0.39, 0.29) is 0 Å². The highest BCUT2D eigenvalue weighted by atomic mass is 28.4. The zero-order valence-corrected chi connectivity index (χ0v) is 11.4. The molecule has 0 heterocycles. The van der Waals surface area contributed by atoms with Gasteiger partial charge in [-0.3, -0.25) is 9.15 Å². The first-order chi connectivity index (χ1) is 6.21. The Morgan fingerprint density at radius 1 is 0.500 bits per heavy atom. The Bertz CT molecular complexity index is 133. The average molecular weight is 242 g/mol. The molecule has 0 fully saturated rings. The molecule has 14 heavy (non-hydrogen) atoms. The standard InChI is InChI=1S/C6H18O6Si2/c1-13(2,3)11-9-7-8-10-12-14(4,5)6/h1-6H3. The van der Waals surface area contributed by atoms with E-state index in [0.717, 1.165) is 0 Å². The molecule has 8 heteroatoms. The van der Waals surface area contributed by atoms with Crippen molar-refractivity contribution in [3.63, 3.8) is 0 Å². The Balaban J connectivity index is 3.23. The molecule has 0 aromatic heterocycles. The van der Waals surface area contributed by atoms with Crippen LogP contribution in [-0.2, 0) is 29.3 Å². The molecule has 0 aromatic rings. The summed E-state index contributed by atoms with van der Waals surface area (Å²) in [6.45, 7) is 11.6. The van der Waals surface area contributed by atoms with Crippen LogP contribution in [0.25, 0.3) is 0 Å². The van der Waals surface area contributed by atoms with Crippen molar-refractivity contribution in [2.45, 2.75) is 39.3 Å². The molecule has 0 saturated carbocycles.